The van der Waals surface area contributed by atoms with Crippen LogP contribution in [0.1, 0.15) is 18.5 Å². The number of ether oxygens (including phenoxy) is 1. The Morgan fingerprint density at radius 2 is 1.70 bits per heavy atom. The minimum atomic E-state index is -0.275. The number of thiocarbonyl (C=S) groups is 1. The maximum Gasteiger partial charge on any atom is 0.255 e. The second-order valence-corrected chi connectivity index (χ2v) is 6.81. The monoisotopic (exact) mass is 381 g/mol. The van der Waals surface area contributed by atoms with E-state index in [4.69, 9.17) is 17.0 Å². The van der Waals surface area contributed by atoms with Crippen molar-refractivity contribution in [3.8, 4) is 5.75 Å². The van der Waals surface area contributed by atoms with E-state index in [0.717, 1.165) is 22.7 Å². The molecule has 2 aromatic carbocycles. The molecule has 0 aliphatic carbocycles. The first kappa shape index (κ1) is 18.9. The number of carbonyl (C=O) groups excluding carboxylic acids is 1. The van der Waals surface area contributed by atoms with Crippen molar-refractivity contribution in [2.45, 2.75) is 13.0 Å². The molecular formula is C21H23N3O2S. The average Bonchev–Trinajstić information content (AvgIpc) is 2.69. The SMILES string of the molecule is COc1ccc(C2C(C(=O)Nc3ccccc3)=C(C)N(C)C(=S)N2C)cc1. The van der Waals surface area contributed by atoms with Gasteiger partial charge in [-0.1, -0.05) is 30.3 Å². The topological polar surface area (TPSA) is 44.8 Å². The molecule has 27 heavy (non-hydrogen) atoms. The van der Waals surface area contributed by atoms with Gasteiger partial charge in [0, 0.05) is 25.5 Å². The highest BCUT2D eigenvalue weighted by Crippen LogP contribution is 2.36. The normalized spacial score (nSPS) is 17.2. The molecule has 0 radical (unpaired) electrons. The fourth-order valence-electron chi connectivity index (χ4n) is 3.25. The molecule has 0 aromatic heterocycles. The first-order valence-corrected chi connectivity index (χ1v) is 9.06. The zero-order chi connectivity index (χ0) is 19.6. The van der Waals surface area contributed by atoms with Crippen molar-refractivity contribution in [1.29, 1.82) is 0 Å². The van der Waals surface area contributed by atoms with E-state index in [1.54, 1.807) is 7.11 Å². The van der Waals surface area contributed by atoms with Gasteiger partial charge < -0.3 is 19.9 Å². The minimum absolute atomic E-state index is 0.138. The number of hydrogen-bond donors (Lipinski definition) is 1. The second kappa shape index (κ2) is 7.80. The number of benzene rings is 2. The van der Waals surface area contributed by atoms with E-state index in [1.165, 1.54) is 0 Å². The molecule has 0 bridgehead atoms. The van der Waals surface area contributed by atoms with Gasteiger partial charge in [0.1, 0.15) is 5.75 Å². The third-order valence-electron chi connectivity index (χ3n) is 4.85. The summed E-state index contributed by atoms with van der Waals surface area (Å²) in [5, 5.41) is 3.67. The van der Waals surface area contributed by atoms with Crippen LogP contribution in [0.3, 0.4) is 0 Å². The number of carbonyl (C=O) groups is 1. The van der Waals surface area contributed by atoms with E-state index in [9.17, 15) is 4.79 Å². The third-order valence-corrected chi connectivity index (χ3v) is 5.41. The summed E-state index contributed by atoms with van der Waals surface area (Å²) in [6, 6.07) is 16.9. The molecule has 140 valence electrons. The standard InChI is InChI=1S/C21H23N3O2S/c1-14-18(20(25)22-16-8-6-5-7-9-16)19(24(3)21(27)23(14)2)15-10-12-17(26-4)13-11-15/h5-13,19H,1-4H3,(H,22,25). The molecule has 1 heterocycles. The van der Waals surface area contributed by atoms with E-state index < -0.39 is 0 Å². The maximum atomic E-state index is 13.2. The quantitative estimate of drug-likeness (QED) is 0.816. The van der Waals surface area contributed by atoms with Crippen LogP contribution in [0.2, 0.25) is 0 Å². The summed E-state index contributed by atoms with van der Waals surface area (Å²) in [6.45, 7) is 1.93. The van der Waals surface area contributed by atoms with Gasteiger partial charge in [0.2, 0.25) is 0 Å². The van der Waals surface area contributed by atoms with E-state index in [0.29, 0.717) is 10.7 Å². The van der Waals surface area contributed by atoms with Crippen molar-refractivity contribution in [2.75, 3.05) is 26.5 Å². The number of anilines is 1. The number of amides is 1. The molecule has 1 unspecified atom stereocenters. The summed E-state index contributed by atoms with van der Waals surface area (Å²) < 4.78 is 5.26. The van der Waals surface area contributed by atoms with E-state index >= 15 is 0 Å². The lowest BCUT2D eigenvalue weighted by atomic mass is 9.93. The van der Waals surface area contributed by atoms with Crippen molar-refractivity contribution in [3.05, 3.63) is 71.4 Å². The summed E-state index contributed by atoms with van der Waals surface area (Å²) in [5.41, 5.74) is 3.25. The van der Waals surface area contributed by atoms with Crippen LogP contribution < -0.4 is 10.1 Å². The number of nitrogens with one attached hydrogen (secondary N) is 1. The Hall–Kier alpha value is -2.86. The number of rotatable bonds is 4. The first-order chi connectivity index (χ1) is 12.9. The van der Waals surface area contributed by atoms with Crippen molar-refractivity contribution < 1.29 is 9.53 Å². The highest BCUT2D eigenvalue weighted by atomic mass is 32.1. The predicted molar refractivity (Wildman–Crippen MR) is 112 cm³/mol. The Morgan fingerprint density at radius 3 is 2.30 bits per heavy atom. The number of hydrogen-bond acceptors (Lipinski definition) is 3. The molecule has 1 amide bonds. The van der Waals surface area contributed by atoms with Crippen molar-refractivity contribution in [2.24, 2.45) is 0 Å². The van der Waals surface area contributed by atoms with Gasteiger partial charge in [0.05, 0.1) is 18.7 Å². The van der Waals surface area contributed by atoms with Crippen LogP contribution in [0.25, 0.3) is 0 Å². The molecule has 6 heteroatoms. The average molecular weight is 382 g/mol. The molecule has 1 aliphatic heterocycles. The molecule has 2 aromatic rings. The Bertz CT molecular complexity index is 878. The molecule has 1 aliphatic rings. The zero-order valence-corrected chi connectivity index (χ0v) is 16.7. The Balaban J connectivity index is 2.04. The fraction of sp³-hybridized carbons (Fsp3) is 0.238. The van der Waals surface area contributed by atoms with Crippen molar-refractivity contribution in [3.63, 3.8) is 0 Å². The summed E-state index contributed by atoms with van der Waals surface area (Å²) in [6.07, 6.45) is 0. The lowest BCUT2D eigenvalue weighted by molar-refractivity contribution is -0.113. The van der Waals surface area contributed by atoms with Gasteiger partial charge in [-0.2, -0.15) is 0 Å². The molecule has 1 N–H and O–H groups in total. The minimum Gasteiger partial charge on any atom is -0.497 e. The highest BCUT2D eigenvalue weighted by Gasteiger charge is 2.36. The van der Waals surface area contributed by atoms with E-state index in [2.05, 4.69) is 5.32 Å². The molecular weight excluding hydrogens is 358 g/mol. The molecule has 3 rings (SSSR count). The largest absolute Gasteiger partial charge is 0.497 e. The number of methoxy groups -OCH3 is 1. The Kier molecular flexibility index (Phi) is 5.46. The molecule has 0 spiro atoms. The number of para-hydroxylation sites is 1. The first-order valence-electron chi connectivity index (χ1n) is 8.65. The van der Waals surface area contributed by atoms with Crippen LogP contribution in [0, 0.1) is 0 Å². The lowest BCUT2D eigenvalue weighted by Crippen LogP contribution is -2.47. The van der Waals surface area contributed by atoms with E-state index in [1.807, 2.05) is 85.4 Å². The van der Waals surface area contributed by atoms with Crippen LogP contribution >= 0.6 is 12.2 Å². The molecule has 5 nitrogen and oxygen atoms in total. The van der Waals surface area contributed by atoms with Crippen LogP contribution in [0.5, 0.6) is 5.75 Å². The maximum absolute atomic E-state index is 13.2. The van der Waals surface area contributed by atoms with Crippen LogP contribution in [0.4, 0.5) is 5.69 Å². The zero-order valence-electron chi connectivity index (χ0n) is 15.9. The van der Waals surface area contributed by atoms with Gasteiger partial charge in [-0.3, -0.25) is 4.79 Å². The van der Waals surface area contributed by atoms with Gasteiger partial charge in [-0.15, -0.1) is 0 Å². The van der Waals surface area contributed by atoms with Crippen LogP contribution in [-0.2, 0) is 4.79 Å². The van der Waals surface area contributed by atoms with Crippen molar-refractivity contribution in [1.82, 2.24) is 9.80 Å². The summed E-state index contributed by atoms with van der Waals surface area (Å²) >= 11 is 5.58. The number of likely N-dealkylation sites (N-methyl/N-ethyl adjacent to an activating group) is 1. The van der Waals surface area contributed by atoms with Crippen LogP contribution in [0.15, 0.2) is 65.9 Å². The van der Waals surface area contributed by atoms with E-state index in [-0.39, 0.29) is 11.9 Å². The summed E-state index contributed by atoms with van der Waals surface area (Å²) in [7, 11) is 5.43. The number of nitrogens with zero attached hydrogens (tertiary/aromatic N) is 2. The van der Waals surface area contributed by atoms with Crippen molar-refractivity contribution >= 4 is 28.9 Å². The van der Waals surface area contributed by atoms with Gasteiger partial charge in [-0.05, 0) is 49.0 Å². The van der Waals surface area contributed by atoms with Gasteiger partial charge in [-0.25, -0.2) is 0 Å². The van der Waals surface area contributed by atoms with Crippen LogP contribution in [-0.4, -0.2) is 42.0 Å². The number of allylic oxidation sites excluding steroid dienone is 1. The lowest BCUT2D eigenvalue weighted by Gasteiger charge is -2.42. The second-order valence-electron chi connectivity index (χ2n) is 6.45. The van der Waals surface area contributed by atoms with Gasteiger partial charge in [0.25, 0.3) is 5.91 Å². The smallest absolute Gasteiger partial charge is 0.255 e. The molecule has 0 saturated heterocycles. The van der Waals surface area contributed by atoms with Gasteiger partial charge >= 0.3 is 0 Å². The third kappa shape index (κ3) is 3.66. The summed E-state index contributed by atoms with van der Waals surface area (Å²) in [4.78, 5) is 17.0. The Labute approximate surface area is 165 Å². The van der Waals surface area contributed by atoms with Gasteiger partial charge in [0.15, 0.2) is 5.11 Å². The fourth-order valence-corrected chi connectivity index (χ4v) is 3.49. The Morgan fingerprint density at radius 1 is 1.07 bits per heavy atom. The molecule has 1 atom stereocenters. The molecule has 0 fully saturated rings. The molecule has 0 saturated carbocycles. The predicted octanol–water partition coefficient (Wildman–Crippen LogP) is 3.81. The highest BCUT2D eigenvalue weighted by molar-refractivity contribution is 7.80. The summed E-state index contributed by atoms with van der Waals surface area (Å²) in [5.74, 6) is 0.633.